The summed E-state index contributed by atoms with van der Waals surface area (Å²) < 4.78 is 17.0. The maximum Gasteiger partial charge on any atom is 0.411 e. The van der Waals surface area contributed by atoms with E-state index >= 15 is 0 Å². The van der Waals surface area contributed by atoms with E-state index in [4.69, 9.17) is 14.2 Å². The number of morpholine rings is 1. The van der Waals surface area contributed by atoms with Crippen molar-refractivity contribution in [2.45, 2.75) is 69.1 Å². The molecule has 220 valence electrons. The Balaban J connectivity index is 1.09. The van der Waals surface area contributed by atoms with Crippen molar-refractivity contribution in [3.05, 3.63) is 77.9 Å². The Morgan fingerprint density at radius 2 is 1.69 bits per heavy atom. The van der Waals surface area contributed by atoms with Gasteiger partial charge < -0.3 is 24.6 Å². The largest absolute Gasteiger partial charge is 0.495 e. The molecule has 6 rings (SSSR count). The van der Waals surface area contributed by atoms with Crippen LogP contribution in [-0.4, -0.2) is 66.6 Å². The molecule has 9 heteroatoms. The third kappa shape index (κ3) is 5.99. The number of aliphatic hydroxyl groups excluding tert-OH is 1. The van der Waals surface area contributed by atoms with Gasteiger partial charge in [0, 0.05) is 36.9 Å². The van der Waals surface area contributed by atoms with E-state index in [0.717, 1.165) is 29.5 Å². The smallest absolute Gasteiger partial charge is 0.411 e. The Kier molecular flexibility index (Phi) is 8.15. The monoisotopic (exact) mass is 571 g/mol. The standard InChI is InChI=1S/C33H37N3O6/c1-36-27-17-23(18-28(36)32-31(27)42-32)41-33(39)35-26-15-20(11-13-24(26)22-8-4-3-5-9-22)7-6-10-30(38)34-25-14-12-21(19-37)16-29(25)40-2/h3-5,8-9,11-16,23,27-28,31-32,37H,6-7,10,17-19H2,1-2H3,(H,34,38)(H,35,39). The van der Waals surface area contributed by atoms with Gasteiger partial charge in [0.2, 0.25) is 5.91 Å². The summed E-state index contributed by atoms with van der Waals surface area (Å²) in [7, 11) is 3.66. The lowest BCUT2D eigenvalue weighted by molar-refractivity contribution is -0.116. The molecular formula is C33H37N3O6. The van der Waals surface area contributed by atoms with E-state index in [1.165, 1.54) is 7.11 Å². The molecule has 3 aliphatic heterocycles. The number of likely N-dealkylation sites (N-methyl/N-ethyl adjacent to an activating group) is 1. The lowest BCUT2D eigenvalue weighted by atomic mass is 9.99. The van der Waals surface area contributed by atoms with Gasteiger partial charge in [0.25, 0.3) is 0 Å². The number of nitrogens with zero attached hydrogens (tertiary/aromatic N) is 1. The second-order valence-electron chi connectivity index (χ2n) is 11.3. The molecule has 0 spiro atoms. The normalized spacial score (nSPS) is 24.0. The molecule has 4 atom stereocenters. The number of epoxide rings is 1. The van der Waals surface area contributed by atoms with Crippen LogP contribution in [0.1, 0.15) is 36.8 Å². The molecule has 3 aromatic carbocycles. The average molecular weight is 572 g/mol. The number of benzene rings is 3. The highest BCUT2D eigenvalue weighted by atomic mass is 16.6. The van der Waals surface area contributed by atoms with Crippen LogP contribution in [0.25, 0.3) is 11.1 Å². The Bertz CT molecular complexity index is 1430. The lowest BCUT2D eigenvalue weighted by Gasteiger charge is -2.37. The fourth-order valence-electron chi connectivity index (χ4n) is 6.41. The van der Waals surface area contributed by atoms with Crippen LogP contribution in [0.4, 0.5) is 16.2 Å². The molecule has 3 N–H and O–H groups in total. The number of aryl methyl sites for hydroxylation is 1. The van der Waals surface area contributed by atoms with Crippen molar-refractivity contribution in [1.82, 2.24) is 4.90 Å². The van der Waals surface area contributed by atoms with Crippen molar-refractivity contribution in [3.8, 4) is 16.9 Å². The van der Waals surface area contributed by atoms with E-state index in [1.807, 2.05) is 48.5 Å². The first-order valence-corrected chi connectivity index (χ1v) is 14.5. The number of fused-ring (bicyclic) bond motifs is 5. The van der Waals surface area contributed by atoms with Gasteiger partial charge in [0.15, 0.2) is 0 Å². The van der Waals surface area contributed by atoms with Crippen LogP contribution >= 0.6 is 0 Å². The number of nitrogens with one attached hydrogen (secondary N) is 2. The van der Waals surface area contributed by atoms with Crippen molar-refractivity contribution < 1.29 is 28.9 Å². The summed E-state index contributed by atoms with van der Waals surface area (Å²) in [6.45, 7) is -0.0996. The Morgan fingerprint density at radius 3 is 2.40 bits per heavy atom. The maximum atomic E-state index is 13.1. The van der Waals surface area contributed by atoms with Gasteiger partial charge in [-0.1, -0.05) is 48.5 Å². The van der Waals surface area contributed by atoms with Crippen LogP contribution in [0.3, 0.4) is 0 Å². The summed E-state index contributed by atoms with van der Waals surface area (Å²) in [5.74, 6) is 0.384. The van der Waals surface area contributed by atoms with Gasteiger partial charge in [-0.2, -0.15) is 0 Å². The second kappa shape index (κ2) is 12.1. The average Bonchev–Trinajstić information content (AvgIpc) is 3.76. The van der Waals surface area contributed by atoms with Crippen LogP contribution in [0.5, 0.6) is 5.75 Å². The maximum absolute atomic E-state index is 13.1. The number of amides is 2. The number of hydrogen-bond donors (Lipinski definition) is 3. The summed E-state index contributed by atoms with van der Waals surface area (Å²) in [5.41, 5.74) is 4.88. The fourth-order valence-corrected chi connectivity index (χ4v) is 6.41. The molecule has 2 bridgehead atoms. The number of hydrogen-bond acceptors (Lipinski definition) is 7. The van der Waals surface area contributed by atoms with Crippen molar-refractivity contribution >= 4 is 23.4 Å². The van der Waals surface area contributed by atoms with E-state index in [0.29, 0.717) is 54.0 Å². The molecule has 42 heavy (non-hydrogen) atoms. The first-order valence-electron chi connectivity index (χ1n) is 14.5. The molecule has 0 radical (unpaired) electrons. The first kappa shape index (κ1) is 28.2. The van der Waals surface area contributed by atoms with Gasteiger partial charge >= 0.3 is 6.09 Å². The quantitative estimate of drug-likeness (QED) is 0.294. The van der Waals surface area contributed by atoms with Crippen molar-refractivity contribution in [2.24, 2.45) is 0 Å². The number of methoxy groups -OCH3 is 1. The molecule has 0 aliphatic carbocycles. The molecule has 3 aliphatic rings. The molecular weight excluding hydrogens is 534 g/mol. The number of ether oxygens (including phenoxy) is 3. The van der Waals surface area contributed by atoms with E-state index < -0.39 is 6.09 Å². The summed E-state index contributed by atoms with van der Waals surface area (Å²) in [5, 5.41) is 15.3. The van der Waals surface area contributed by atoms with E-state index in [9.17, 15) is 14.7 Å². The number of carbonyl (C=O) groups excluding carboxylic acids is 2. The van der Waals surface area contributed by atoms with E-state index in [1.54, 1.807) is 18.2 Å². The lowest BCUT2D eigenvalue weighted by Crippen LogP contribution is -2.48. The van der Waals surface area contributed by atoms with Crippen molar-refractivity contribution in [2.75, 3.05) is 24.8 Å². The molecule has 9 nitrogen and oxygen atoms in total. The fraction of sp³-hybridized carbons (Fsp3) is 0.394. The summed E-state index contributed by atoms with van der Waals surface area (Å²) in [4.78, 5) is 28.1. The minimum absolute atomic E-state index is 0.0996. The SMILES string of the molecule is COc1cc(CO)ccc1NC(=O)CCCc1ccc(-c2ccccc2)c(NC(=O)OC2CC3C4OC4C(C2)N3C)c1. The zero-order chi connectivity index (χ0) is 29.2. The number of piperidine rings is 1. The Hall–Kier alpha value is -3.92. The second-order valence-corrected chi connectivity index (χ2v) is 11.3. The predicted molar refractivity (Wildman–Crippen MR) is 159 cm³/mol. The van der Waals surface area contributed by atoms with Crippen LogP contribution in [0, 0.1) is 0 Å². The third-order valence-corrected chi connectivity index (χ3v) is 8.65. The molecule has 3 saturated heterocycles. The predicted octanol–water partition coefficient (Wildman–Crippen LogP) is 4.98. The molecule has 3 fully saturated rings. The minimum Gasteiger partial charge on any atom is -0.495 e. The van der Waals surface area contributed by atoms with Gasteiger partial charge in [-0.05, 0) is 54.8 Å². The number of rotatable bonds is 10. The Morgan fingerprint density at radius 1 is 0.952 bits per heavy atom. The summed E-state index contributed by atoms with van der Waals surface area (Å²) >= 11 is 0. The van der Waals surface area contributed by atoms with Gasteiger partial charge in [-0.3, -0.25) is 15.0 Å². The van der Waals surface area contributed by atoms with Gasteiger partial charge in [-0.15, -0.1) is 0 Å². The highest BCUT2D eigenvalue weighted by Gasteiger charge is 2.62. The van der Waals surface area contributed by atoms with Crippen LogP contribution in [0.2, 0.25) is 0 Å². The highest BCUT2D eigenvalue weighted by Crippen LogP contribution is 2.48. The third-order valence-electron chi connectivity index (χ3n) is 8.65. The number of anilines is 2. The van der Waals surface area contributed by atoms with Gasteiger partial charge in [-0.25, -0.2) is 4.79 Å². The molecule has 2 amide bonds. The first-order chi connectivity index (χ1) is 20.4. The van der Waals surface area contributed by atoms with Crippen LogP contribution in [-0.2, 0) is 27.3 Å². The highest BCUT2D eigenvalue weighted by molar-refractivity contribution is 5.93. The molecule has 3 heterocycles. The molecule has 0 aromatic heterocycles. The molecule has 3 aromatic rings. The zero-order valence-corrected chi connectivity index (χ0v) is 23.9. The number of carbonyl (C=O) groups is 2. The van der Waals surface area contributed by atoms with Crippen molar-refractivity contribution in [3.63, 3.8) is 0 Å². The van der Waals surface area contributed by atoms with Crippen LogP contribution in [0.15, 0.2) is 66.7 Å². The minimum atomic E-state index is -0.451. The van der Waals surface area contributed by atoms with Crippen LogP contribution < -0.4 is 15.4 Å². The zero-order valence-electron chi connectivity index (χ0n) is 23.9. The topological polar surface area (TPSA) is 113 Å². The molecule has 0 saturated carbocycles. The number of aliphatic hydroxyl groups is 1. The van der Waals surface area contributed by atoms with E-state index in [-0.39, 0.29) is 30.8 Å². The Labute approximate surface area is 245 Å². The van der Waals surface area contributed by atoms with Crippen molar-refractivity contribution in [1.29, 1.82) is 0 Å². The van der Waals surface area contributed by atoms with Gasteiger partial charge in [0.05, 0.1) is 25.1 Å². The summed E-state index contributed by atoms with van der Waals surface area (Å²) in [6, 6.07) is 21.8. The molecule has 4 unspecified atom stereocenters. The van der Waals surface area contributed by atoms with E-state index in [2.05, 4.69) is 22.6 Å². The summed E-state index contributed by atoms with van der Waals surface area (Å²) in [6.07, 6.45) is 3.16. The van der Waals surface area contributed by atoms with Gasteiger partial charge in [0.1, 0.15) is 24.1 Å².